The van der Waals surface area contributed by atoms with E-state index in [-0.39, 0.29) is 0 Å². The summed E-state index contributed by atoms with van der Waals surface area (Å²) in [5.74, 6) is 0. The van der Waals surface area contributed by atoms with Gasteiger partial charge >= 0.3 is 0 Å². The van der Waals surface area contributed by atoms with Gasteiger partial charge in [-0.2, -0.15) is 0 Å². The van der Waals surface area contributed by atoms with Crippen LogP contribution < -0.4 is 54.6 Å². The average molecular weight is 755 g/mol. The fraction of sp³-hybridized carbons (Fsp3) is 0. The number of nitrogens with zero attached hydrogens (tertiary/aromatic N) is 2. The molecular weight excluding hydrogens is 713 g/mol. The Morgan fingerprint density at radius 1 is 0.283 bits per heavy atom. The monoisotopic (exact) mass is 756 g/mol. The van der Waals surface area contributed by atoms with Gasteiger partial charge in [0.15, 0.2) is 0 Å². The van der Waals surface area contributed by atoms with Crippen LogP contribution in [0.1, 0.15) is 0 Å². The SMILES string of the molecule is Bc1cc(B)c2c(c1B)c1c(B)c(-c3cc(B)c4c(c3B)c3c(B)c(B)cc(B)c3n4-c3ccccc3-c3ccccc3)cc(B)c1n2-c1cccc(-c2ccccc2)c1. The highest BCUT2D eigenvalue weighted by atomic mass is 15.0. The molecule has 0 aliphatic heterocycles. The maximum atomic E-state index is 2.58. The molecule has 0 saturated heterocycles. The molecule has 2 nitrogen and oxygen atoms in total. The van der Waals surface area contributed by atoms with Crippen molar-refractivity contribution < 1.29 is 0 Å². The molecule has 0 N–H and O–H groups in total. The predicted molar refractivity (Wildman–Crippen MR) is 293 cm³/mol. The van der Waals surface area contributed by atoms with Crippen molar-refractivity contribution in [2.24, 2.45) is 0 Å². The molecule has 0 spiro atoms. The van der Waals surface area contributed by atoms with Gasteiger partial charge in [-0.05, 0) is 56.8 Å². The summed E-state index contributed by atoms with van der Waals surface area (Å²) in [6.45, 7) is 0. The van der Waals surface area contributed by atoms with Crippen LogP contribution in [0.4, 0.5) is 0 Å². The van der Waals surface area contributed by atoms with Crippen LogP contribution in [0.25, 0.3) is 88.4 Å². The molecule has 10 aromatic rings. The molecule has 0 amide bonds. The zero-order valence-electron chi connectivity index (χ0n) is 36.6. The molecular formula is C48H42B10N2. The van der Waals surface area contributed by atoms with E-state index in [0.717, 1.165) is 0 Å². The molecule has 8 aromatic carbocycles. The molecule has 60 heavy (non-hydrogen) atoms. The Bertz CT molecular complexity index is 3430. The molecule has 0 aliphatic carbocycles. The maximum Gasteiger partial charge on any atom is 0.142 e. The van der Waals surface area contributed by atoms with Crippen molar-refractivity contribution in [3.05, 3.63) is 133 Å². The van der Waals surface area contributed by atoms with Crippen LogP contribution in [0.15, 0.2) is 133 Å². The standard InChI is InChI=1S/C48H42B10N2/c49-30-21-34(53)46-39(43(30)57)37-41(55)28(19-32(51)45(37)59(46)26-15-9-14-25(18-26)23-10-3-1-4-11-23)29-20-33(52)47-38(42(29)56)40-44(58)31(50)22-35(54)48(40)60(47)36-17-8-7-16-27(36)24-12-5-2-6-13-24/h1-22H,49-58H2. The second-order valence-electron chi connectivity index (χ2n) is 17.4. The molecule has 274 valence electrons. The lowest BCUT2D eigenvalue weighted by Gasteiger charge is -2.19. The molecule has 0 atom stereocenters. The van der Waals surface area contributed by atoms with E-state index in [4.69, 9.17) is 0 Å². The van der Waals surface area contributed by atoms with E-state index in [1.807, 2.05) is 0 Å². The summed E-state index contributed by atoms with van der Waals surface area (Å²) < 4.78 is 5.13. The topological polar surface area (TPSA) is 9.86 Å². The molecule has 10 rings (SSSR count). The first kappa shape index (κ1) is 38.2. The average Bonchev–Trinajstić information content (AvgIpc) is 3.83. The molecule has 12 heteroatoms. The normalized spacial score (nSPS) is 11.7. The minimum atomic E-state index is 1.19. The van der Waals surface area contributed by atoms with Gasteiger partial charge in [0, 0.05) is 44.1 Å². The highest BCUT2D eigenvalue weighted by Crippen LogP contribution is 2.36. The first-order chi connectivity index (χ1) is 29.0. The van der Waals surface area contributed by atoms with E-state index in [0.29, 0.717) is 0 Å². The van der Waals surface area contributed by atoms with Crippen LogP contribution in [0.3, 0.4) is 0 Å². The van der Waals surface area contributed by atoms with E-state index >= 15 is 0 Å². The Balaban J connectivity index is 1.30. The van der Waals surface area contributed by atoms with Gasteiger partial charge in [-0.3, -0.25) is 0 Å². The summed E-state index contributed by atoms with van der Waals surface area (Å²) in [6, 6.07) is 49.3. The Kier molecular flexibility index (Phi) is 9.13. The fourth-order valence-electron chi connectivity index (χ4n) is 10.6. The third kappa shape index (κ3) is 5.63. The van der Waals surface area contributed by atoms with Gasteiger partial charge in [0.05, 0.1) is 5.69 Å². The zero-order valence-corrected chi connectivity index (χ0v) is 36.6. The molecule has 2 aromatic heterocycles. The van der Waals surface area contributed by atoms with Crippen LogP contribution in [-0.4, -0.2) is 87.6 Å². The highest BCUT2D eigenvalue weighted by molar-refractivity contribution is 6.63. The number of hydrogen-bond acceptors (Lipinski definition) is 0. The van der Waals surface area contributed by atoms with E-state index < -0.39 is 0 Å². The van der Waals surface area contributed by atoms with Gasteiger partial charge in [0.1, 0.15) is 78.5 Å². The second kappa shape index (κ2) is 14.3. The lowest BCUT2D eigenvalue weighted by Crippen LogP contribution is -2.32. The van der Waals surface area contributed by atoms with E-state index in [1.165, 1.54) is 143 Å². The van der Waals surface area contributed by atoms with Crippen molar-refractivity contribution >= 4 is 177 Å². The van der Waals surface area contributed by atoms with Gasteiger partial charge in [-0.1, -0.05) is 170 Å². The first-order valence-electron chi connectivity index (χ1n) is 21.4. The van der Waals surface area contributed by atoms with Crippen LogP contribution in [-0.2, 0) is 0 Å². The summed E-state index contributed by atoms with van der Waals surface area (Å²) in [6.07, 6.45) is 0. The maximum absolute atomic E-state index is 2.58. The van der Waals surface area contributed by atoms with Crippen LogP contribution >= 0.6 is 0 Å². The quantitative estimate of drug-likeness (QED) is 0.157. The molecule has 0 unspecified atom stereocenters. The zero-order chi connectivity index (χ0) is 41.7. The number of benzene rings is 8. The summed E-state index contributed by atoms with van der Waals surface area (Å²) in [7, 11) is 23.2. The van der Waals surface area contributed by atoms with Crippen molar-refractivity contribution in [3.8, 4) is 44.8 Å². The van der Waals surface area contributed by atoms with Crippen molar-refractivity contribution in [2.75, 3.05) is 0 Å². The van der Waals surface area contributed by atoms with Gasteiger partial charge in [-0.15, -0.1) is 0 Å². The number of hydrogen-bond donors (Lipinski definition) is 0. The van der Waals surface area contributed by atoms with E-state index in [2.05, 4.69) is 221 Å². The van der Waals surface area contributed by atoms with Gasteiger partial charge in [-0.25, -0.2) is 0 Å². The summed E-state index contributed by atoms with van der Waals surface area (Å²) >= 11 is 0. The second-order valence-corrected chi connectivity index (χ2v) is 17.4. The van der Waals surface area contributed by atoms with Crippen molar-refractivity contribution in [3.63, 3.8) is 0 Å². The van der Waals surface area contributed by atoms with Crippen molar-refractivity contribution in [1.82, 2.24) is 9.13 Å². The van der Waals surface area contributed by atoms with Crippen LogP contribution in [0.5, 0.6) is 0 Å². The molecule has 0 fully saturated rings. The lowest BCUT2D eigenvalue weighted by atomic mass is 9.70. The number of fused-ring (bicyclic) bond motifs is 6. The van der Waals surface area contributed by atoms with Crippen LogP contribution in [0, 0.1) is 0 Å². The summed E-state index contributed by atoms with van der Waals surface area (Å²) in [4.78, 5) is 0. The largest absolute Gasteiger partial charge is 0.310 e. The molecule has 0 radical (unpaired) electrons. The molecule has 0 aliphatic rings. The van der Waals surface area contributed by atoms with Crippen molar-refractivity contribution in [1.29, 1.82) is 0 Å². The minimum Gasteiger partial charge on any atom is -0.310 e. The Morgan fingerprint density at radius 3 is 1.23 bits per heavy atom. The molecule has 2 heterocycles. The third-order valence-corrected chi connectivity index (χ3v) is 13.6. The number of rotatable bonds is 5. The van der Waals surface area contributed by atoms with Crippen molar-refractivity contribution in [2.45, 2.75) is 0 Å². The smallest absolute Gasteiger partial charge is 0.142 e. The van der Waals surface area contributed by atoms with Gasteiger partial charge in [0.2, 0.25) is 0 Å². The van der Waals surface area contributed by atoms with Crippen LogP contribution in [0.2, 0.25) is 0 Å². The Morgan fingerprint density at radius 2 is 0.700 bits per heavy atom. The molecule has 0 saturated carbocycles. The minimum absolute atomic E-state index is 1.19. The first-order valence-corrected chi connectivity index (χ1v) is 21.4. The number of para-hydroxylation sites is 1. The Labute approximate surface area is 362 Å². The van der Waals surface area contributed by atoms with E-state index in [9.17, 15) is 0 Å². The fourth-order valence-corrected chi connectivity index (χ4v) is 10.6. The third-order valence-electron chi connectivity index (χ3n) is 13.6. The summed E-state index contributed by atoms with van der Waals surface area (Å²) in [5, 5.41) is 5.43. The van der Waals surface area contributed by atoms with Gasteiger partial charge < -0.3 is 9.13 Å². The van der Waals surface area contributed by atoms with E-state index in [1.54, 1.807) is 0 Å². The number of aromatic nitrogens is 2. The Hall–Kier alpha value is -5.99. The predicted octanol–water partition coefficient (Wildman–Crippen LogP) is -4.53. The lowest BCUT2D eigenvalue weighted by molar-refractivity contribution is 1.19. The van der Waals surface area contributed by atoms with Gasteiger partial charge in [0.25, 0.3) is 0 Å². The highest BCUT2D eigenvalue weighted by Gasteiger charge is 2.26. The molecule has 0 bridgehead atoms. The summed E-state index contributed by atoms with van der Waals surface area (Å²) in [5.41, 5.74) is 28.3.